The number of hydrogen-bond acceptors (Lipinski definition) is 9. The highest BCUT2D eigenvalue weighted by Crippen LogP contribution is 2.59. The van der Waals surface area contributed by atoms with Gasteiger partial charge in [0.2, 0.25) is 17.7 Å². The van der Waals surface area contributed by atoms with Crippen LogP contribution in [0.2, 0.25) is 0 Å². The molecule has 3 amide bonds. The minimum Gasteiger partial charge on any atom is -0.463 e. The van der Waals surface area contributed by atoms with Gasteiger partial charge in [-0.25, -0.2) is 4.68 Å². The number of fused-ring (bicyclic) bond motifs is 2. The van der Waals surface area contributed by atoms with Gasteiger partial charge in [0.15, 0.2) is 0 Å². The van der Waals surface area contributed by atoms with E-state index in [1.54, 1.807) is 23.8 Å². The Balaban J connectivity index is 1.29. The molecule has 1 aromatic heterocycles. The van der Waals surface area contributed by atoms with E-state index in [1.165, 1.54) is 9.80 Å². The maximum Gasteiger partial charge on any atom is 0.306 e. The van der Waals surface area contributed by atoms with Crippen LogP contribution in [0.25, 0.3) is 11.0 Å². The average Bonchev–Trinajstić information content (AvgIpc) is 3.88. The van der Waals surface area contributed by atoms with Crippen LogP contribution < -0.4 is 5.32 Å². The molecular formula is C36H42N6O7. The zero-order chi connectivity index (χ0) is 34.7. The predicted molar refractivity (Wildman–Crippen MR) is 178 cm³/mol. The van der Waals surface area contributed by atoms with Crippen molar-refractivity contribution in [2.24, 2.45) is 11.8 Å². The van der Waals surface area contributed by atoms with Crippen molar-refractivity contribution in [1.29, 1.82) is 0 Å². The topological polar surface area (TPSA) is 156 Å². The lowest BCUT2D eigenvalue weighted by Gasteiger charge is -2.38. The number of benzene rings is 2. The SMILES string of the molecule is C=CCCC(=O)OC[C@H](NC(=O)[C@@H]1[C@@H]2CC[C@]3(O2)[C@H](C(=O)N(CC=C)Cn2nnc4ccccc42)N([C@H](C)CO)C(=O)[C@@H]13)c1ccccc1. The summed E-state index contributed by atoms with van der Waals surface area (Å²) in [5, 5.41) is 21.8. The fourth-order valence-corrected chi connectivity index (χ4v) is 7.61. The molecule has 4 heterocycles. The number of aliphatic hydroxyl groups excluding tert-OH is 1. The number of aromatic nitrogens is 3. The van der Waals surface area contributed by atoms with Crippen molar-refractivity contribution >= 4 is 34.7 Å². The molecule has 49 heavy (non-hydrogen) atoms. The second-order valence-corrected chi connectivity index (χ2v) is 12.9. The van der Waals surface area contributed by atoms with Crippen molar-refractivity contribution < 1.29 is 33.8 Å². The van der Waals surface area contributed by atoms with Gasteiger partial charge < -0.3 is 29.7 Å². The fourth-order valence-electron chi connectivity index (χ4n) is 7.61. The third-order valence-electron chi connectivity index (χ3n) is 9.88. The van der Waals surface area contributed by atoms with Gasteiger partial charge in [0.1, 0.15) is 30.4 Å². The lowest BCUT2D eigenvalue weighted by Crippen LogP contribution is -2.58. The summed E-state index contributed by atoms with van der Waals surface area (Å²) in [5.41, 5.74) is 0.851. The Kier molecular flexibility index (Phi) is 9.93. The van der Waals surface area contributed by atoms with Crippen LogP contribution in [0.4, 0.5) is 0 Å². The van der Waals surface area contributed by atoms with Crippen molar-refractivity contribution in [3.05, 3.63) is 85.5 Å². The second kappa shape index (κ2) is 14.3. The van der Waals surface area contributed by atoms with Crippen LogP contribution in [-0.2, 0) is 35.3 Å². The molecule has 13 heteroatoms. The number of carbonyl (C=O) groups excluding carboxylic acids is 4. The van der Waals surface area contributed by atoms with Crippen molar-refractivity contribution in [3.8, 4) is 0 Å². The molecule has 258 valence electrons. The van der Waals surface area contributed by atoms with Crippen LogP contribution in [0.1, 0.15) is 44.2 Å². The molecule has 6 rings (SSSR count). The maximum atomic E-state index is 14.7. The largest absolute Gasteiger partial charge is 0.463 e. The number of hydrogen-bond donors (Lipinski definition) is 2. The van der Waals surface area contributed by atoms with Gasteiger partial charge in [-0.3, -0.25) is 19.2 Å². The Labute approximate surface area is 284 Å². The molecule has 0 saturated carbocycles. The van der Waals surface area contributed by atoms with Crippen LogP contribution in [-0.4, -0.2) is 97.1 Å². The van der Waals surface area contributed by atoms with E-state index >= 15 is 0 Å². The molecule has 3 aromatic rings. The zero-order valence-electron chi connectivity index (χ0n) is 27.5. The molecule has 7 atom stereocenters. The number of amides is 3. The number of para-hydroxylation sites is 1. The van der Waals surface area contributed by atoms with E-state index in [0.717, 1.165) is 11.1 Å². The Hall–Kier alpha value is -4.88. The van der Waals surface area contributed by atoms with Crippen molar-refractivity contribution in [1.82, 2.24) is 30.1 Å². The van der Waals surface area contributed by atoms with Gasteiger partial charge in [0.25, 0.3) is 0 Å². The van der Waals surface area contributed by atoms with E-state index in [0.29, 0.717) is 24.8 Å². The summed E-state index contributed by atoms with van der Waals surface area (Å²) in [6.07, 6.45) is 4.12. The third kappa shape index (κ3) is 6.24. The summed E-state index contributed by atoms with van der Waals surface area (Å²) in [5.74, 6) is -3.52. The highest BCUT2D eigenvalue weighted by Gasteiger charge is 2.75. The Bertz CT molecular complexity index is 1730. The van der Waals surface area contributed by atoms with Crippen molar-refractivity contribution in [3.63, 3.8) is 0 Å². The number of aliphatic hydroxyl groups is 1. The molecule has 3 aliphatic rings. The van der Waals surface area contributed by atoms with E-state index in [-0.39, 0.29) is 32.8 Å². The van der Waals surface area contributed by atoms with E-state index in [9.17, 15) is 24.3 Å². The van der Waals surface area contributed by atoms with Crippen molar-refractivity contribution in [2.75, 3.05) is 19.8 Å². The van der Waals surface area contributed by atoms with Crippen molar-refractivity contribution in [2.45, 2.75) is 69.1 Å². The van der Waals surface area contributed by atoms with E-state index < -0.39 is 65.4 Å². The minimum atomic E-state index is -1.28. The van der Waals surface area contributed by atoms with Crippen LogP contribution in [0, 0.1) is 11.8 Å². The Morgan fingerprint density at radius 3 is 2.65 bits per heavy atom. The molecule has 3 saturated heterocycles. The Morgan fingerprint density at radius 2 is 1.92 bits per heavy atom. The van der Waals surface area contributed by atoms with E-state index in [2.05, 4.69) is 28.8 Å². The quantitative estimate of drug-likeness (QED) is 0.183. The number of allylic oxidation sites excluding steroid dienone is 1. The molecule has 3 aliphatic heterocycles. The first kappa shape index (κ1) is 34.0. The van der Waals surface area contributed by atoms with Crippen LogP contribution in [0.5, 0.6) is 0 Å². The number of esters is 1. The van der Waals surface area contributed by atoms with Crippen LogP contribution in [0.3, 0.4) is 0 Å². The van der Waals surface area contributed by atoms with Crippen LogP contribution >= 0.6 is 0 Å². The predicted octanol–water partition coefficient (Wildman–Crippen LogP) is 2.53. The summed E-state index contributed by atoms with van der Waals surface area (Å²) in [7, 11) is 0. The van der Waals surface area contributed by atoms with Gasteiger partial charge in [-0.15, -0.1) is 18.3 Å². The fraction of sp³-hybridized carbons (Fsp3) is 0.444. The number of likely N-dealkylation sites (tertiary alicyclic amines) is 1. The first-order chi connectivity index (χ1) is 23.7. The molecule has 2 bridgehead atoms. The normalized spacial score (nSPS) is 25.1. The minimum absolute atomic E-state index is 0.0375. The molecule has 13 nitrogen and oxygen atoms in total. The van der Waals surface area contributed by atoms with Gasteiger partial charge in [-0.2, -0.15) is 0 Å². The number of carbonyl (C=O) groups is 4. The molecular weight excluding hydrogens is 628 g/mol. The molecule has 2 N–H and O–H groups in total. The molecule has 0 unspecified atom stereocenters. The third-order valence-corrected chi connectivity index (χ3v) is 9.88. The Morgan fingerprint density at radius 1 is 1.16 bits per heavy atom. The van der Waals surface area contributed by atoms with Gasteiger partial charge in [0.05, 0.1) is 42.1 Å². The van der Waals surface area contributed by atoms with Gasteiger partial charge in [0, 0.05) is 13.0 Å². The van der Waals surface area contributed by atoms with Crippen LogP contribution in [0.15, 0.2) is 79.9 Å². The smallest absolute Gasteiger partial charge is 0.306 e. The zero-order valence-corrected chi connectivity index (χ0v) is 27.5. The molecule has 1 spiro atoms. The highest BCUT2D eigenvalue weighted by molar-refractivity contribution is 5.99. The standard InChI is InChI=1S/C36H42N6O7/c1-4-6-16-29(44)48-21-26(24-12-8-7-9-13-24)37-33(45)30-28-17-18-36(49-28)31(30)34(46)42(23(3)20-43)32(36)35(47)40(19-5-2)22-41-27-15-11-10-14-25(27)38-39-41/h4-5,7-15,23,26,28,30-32,43H,1-2,6,16-22H2,3H3,(H,37,45)/t23-,26+,28+,30-,31-,32+,36-/m1/s1. The van der Waals surface area contributed by atoms with E-state index in [1.807, 2.05) is 54.6 Å². The summed E-state index contributed by atoms with van der Waals surface area (Å²) < 4.78 is 13.7. The maximum absolute atomic E-state index is 14.7. The first-order valence-corrected chi connectivity index (χ1v) is 16.6. The number of nitrogens with zero attached hydrogens (tertiary/aromatic N) is 5. The summed E-state index contributed by atoms with van der Waals surface area (Å²) in [6, 6.07) is 14.0. The molecule has 2 aromatic carbocycles. The molecule has 0 radical (unpaired) electrons. The van der Waals surface area contributed by atoms with Gasteiger partial charge >= 0.3 is 5.97 Å². The van der Waals surface area contributed by atoms with Gasteiger partial charge in [-0.1, -0.05) is 59.8 Å². The average molecular weight is 671 g/mol. The lowest BCUT2D eigenvalue weighted by molar-refractivity contribution is -0.152. The molecule has 3 fully saturated rings. The number of nitrogens with one attached hydrogen (secondary N) is 1. The summed E-state index contributed by atoms with van der Waals surface area (Å²) >= 11 is 0. The highest BCUT2D eigenvalue weighted by atomic mass is 16.5. The second-order valence-electron chi connectivity index (χ2n) is 12.9. The molecule has 0 aliphatic carbocycles. The summed E-state index contributed by atoms with van der Waals surface area (Å²) in [4.78, 5) is 58.6. The number of ether oxygens (including phenoxy) is 2. The number of rotatable bonds is 15. The lowest BCUT2D eigenvalue weighted by atomic mass is 9.70. The first-order valence-electron chi connectivity index (χ1n) is 16.6. The van der Waals surface area contributed by atoms with E-state index in [4.69, 9.17) is 9.47 Å². The summed E-state index contributed by atoms with van der Waals surface area (Å²) in [6.45, 7) is 8.86. The van der Waals surface area contributed by atoms with Gasteiger partial charge in [-0.05, 0) is 43.9 Å². The monoisotopic (exact) mass is 670 g/mol.